The van der Waals surface area contributed by atoms with Crippen molar-refractivity contribution < 1.29 is 8.78 Å². The fraction of sp³-hybridized carbons (Fsp3) is 0.357. The highest BCUT2D eigenvalue weighted by atomic mass is 19.1. The van der Waals surface area contributed by atoms with Crippen LogP contribution < -0.4 is 10.6 Å². The molecule has 0 aliphatic rings. The molecule has 2 nitrogen and oxygen atoms in total. The van der Waals surface area contributed by atoms with Crippen molar-refractivity contribution in [2.24, 2.45) is 11.8 Å². The maximum absolute atomic E-state index is 15.5. The quantitative estimate of drug-likeness (QED) is 0.373. The fourth-order valence-electron chi connectivity index (χ4n) is 3.76. The van der Waals surface area contributed by atoms with Gasteiger partial charge in [-0.15, -0.1) is 0 Å². The minimum Gasteiger partial charge on any atom is -0.385 e. The zero-order valence-electron chi connectivity index (χ0n) is 19.9. The molecule has 32 heavy (non-hydrogen) atoms. The molecule has 0 radical (unpaired) electrons. The molecular weight excluding hydrogens is 402 g/mol. The highest BCUT2D eigenvalue weighted by molar-refractivity contribution is 5.79. The molecule has 0 atom stereocenters. The van der Waals surface area contributed by atoms with E-state index in [2.05, 4.69) is 38.3 Å². The molecule has 0 aromatic heterocycles. The van der Waals surface area contributed by atoms with Crippen molar-refractivity contribution >= 4 is 11.4 Å². The van der Waals surface area contributed by atoms with Crippen molar-refractivity contribution in [2.45, 2.75) is 41.5 Å². The van der Waals surface area contributed by atoms with E-state index >= 15 is 8.78 Å². The molecule has 170 valence electrons. The van der Waals surface area contributed by atoms with Gasteiger partial charge in [0.1, 0.15) is 11.6 Å². The molecule has 3 aromatic carbocycles. The van der Waals surface area contributed by atoms with E-state index in [-0.39, 0.29) is 11.6 Å². The third-order valence-corrected chi connectivity index (χ3v) is 5.62. The van der Waals surface area contributed by atoms with E-state index in [1.54, 1.807) is 13.8 Å². The first-order valence-electron chi connectivity index (χ1n) is 11.4. The maximum Gasteiger partial charge on any atom is 0.135 e. The number of rotatable bonds is 8. The van der Waals surface area contributed by atoms with Gasteiger partial charge in [0.25, 0.3) is 0 Å². The van der Waals surface area contributed by atoms with E-state index < -0.39 is 0 Å². The van der Waals surface area contributed by atoms with E-state index in [9.17, 15) is 0 Å². The minimum atomic E-state index is -0.371. The Labute approximate surface area is 191 Å². The molecule has 0 bridgehead atoms. The van der Waals surface area contributed by atoms with E-state index in [0.717, 1.165) is 24.5 Å². The summed E-state index contributed by atoms with van der Waals surface area (Å²) in [5.74, 6) is 0.310. The lowest BCUT2D eigenvalue weighted by atomic mass is 9.90. The maximum atomic E-state index is 15.5. The molecule has 0 heterocycles. The molecule has 0 amide bonds. The molecule has 0 saturated carbocycles. The number of benzene rings is 3. The summed E-state index contributed by atoms with van der Waals surface area (Å²) in [6, 6.07) is 15.1. The van der Waals surface area contributed by atoms with Crippen LogP contribution in [0.15, 0.2) is 48.5 Å². The summed E-state index contributed by atoms with van der Waals surface area (Å²) in [7, 11) is 0. The summed E-state index contributed by atoms with van der Waals surface area (Å²) in [4.78, 5) is 0. The normalized spacial score (nSPS) is 11.3. The number of anilines is 2. The molecule has 0 aliphatic heterocycles. The lowest BCUT2D eigenvalue weighted by Crippen LogP contribution is -2.08. The Morgan fingerprint density at radius 3 is 1.19 bits per heavy atom. The van der Waals surface area contributed by atoms with Gasteiger partial charge in [-0.25, -0.2) is 8.78 Å². The molecule has 3 aromatic rings. The second-order valence-electron chi connectivity index (χ2n) is 9.33. The molecule has 2 N–H and O–H groups in total. The van der Waals surface area contributed by atoms with Gasteiger partial charge in [0.15, 0.2) is 0 Å². The zero-order chi connectivity index (χ0) is 23.4. The Morgan fingerprint density at radius 2 is 0.906 bits per heavy atom. The molecule has 4 heteroatoms. The first-order chi connectivity index (χ1) is 15.2. The minimum absolute atomic E-state index is 0.327. The monoisotopic (exact) mass is 436 g/mol. The third-order valence-electron chi connectivity index (χ3n) is 5.62. The summed E-state index contributed by atoms with van der Waals surface area (Å²) >= 11 is 0. The average molecular weight is 437 g/mol. The smallest absolute Gasteiger partial charge is 0.135 e. The molecule has 0 saturated heterocycles. The van der Waals surface area contributed by atoms with E-state index in [4.69, 9.17) is 0 Å². The topological polar surface area (TPSA) is 24.1 Å². The number of halogens is 2. The van der Waals surface area contributed by atoms with Gasteiger partial charge in [-0.3, -0.25) is 0 Å². The number of hydrogen-bond donors (Lipinski definition) is 2. The molecule has 0 unspecified atom stereocenters. The van der Waals surface area contributed by atoms with Crippen molar-refractivity contribution in [1.82, 2.24) is 0 Å². The number of hydrogen-bond acceptors (Lipinski definition) is 2. The predicted octanol–water partition coefficient (Wildman–Crippen LogP) is 8.05. The third kappa shape index (κ3) is 5.29. The number of nitrogens with one attached hydrogen (secondary N) is 2. The van der Waals surface area contributed by atoms with Crippen LogP contribution in [0.3, 0.4) is 0 Å². The Balaban J connectivity index is 1.94. The summed E-state index contributed by atoms with van der Waals surface area (Å²) in [6.07, 6.45) is 0. The van der Waals surface area contributed by atoms with Gasteiger partial charge in [-0.1, -0.05) is 52.0 Å². The van der Waals surface area contributed by atoms with Gasteiger partial charge >= 0.3 is 0 Å². The van der Waals surface area contributed by atoms with Crippen LogP contribution in [0.25, 0.3) is 22.3 Å². The molecule has 0 spiro atoms. The van der Waals surface area contributed by atoms with Gasteiger partial charge in [0, 0.05) is 35.6 Å². The van der Waals surface area contributed by atoms with E-state index in [1.165, 1.54) is 0 Å². The Hall–Kier alpha value is -2.88. The van der Waals surface area contributed by atoms with Crippen LogP contribution >= 0.6 is 0 Å². The van der Waals surface area contributed by atoms with Gasteiger partial charge in [-0.05, 0) is 72.2 Å². The van der Waals surface area contributed by atoms with Gasteiger partial charge in [0.2, 0.25) is 0 Å². The van der Waals surface area contributed by atoms with Gasteiger partial charge in [-0.2, -0.15) is 0 Å². The summed E-state index contributed by atoms with van der Waals surface area (Å²) in [5.41, 5.74) is 4.61. The van der Waals surface area contributed by atoms with Crippen LogP contribution in [0.2, 0.25) is 0 Å². The van der Waals surface area contributed by atoms with Gasteiger partial charge < -0.3 is 10.6 Å². The van der Waals surface area contributed by atoms with Crippen molar-refractivity contribution in [3.8, 4) is 22.3 Å². The first kappa shape index (κ1) is 23.8. The summed E-state index contributed by atoms with van der Waals surface area (Å²) in [5, 5.41) is 6.70. The Morgan fingerprint density at radius 1 is 0.594 bits per heavy atom. The Kier molecular flexibility index (Phi) is 7.55. The van der Waals surface area contributed by atoms with Gasteiger partial charge in [0.05, 0.1) is 0 Å². The van der Waals surface area contributed by atoms with Crippen LogP contribution in [0.1, 0.15) is 38.8 Å². The summed E-state index contributed by atoms with van der Waals surface area (Å²) in [6.45, 7) is 13.6. The van der Waals surface area contributed by atoms with Crippen LogP contribution in [0.5, 0.6) is 0 Å². The van der Waals surface area contributed by atoms with Crippen LogP contribution in [-0.4, -0.2) is 13.1 Å². The van der Waals surface area contributed by atoms with Crippen LogP contribution in [0, 0.1) is 37.3 Å². The SMILES string of the molecule is Cc1c(F)c(-c2ccc(NCC(C)C)cc2)c(C)c(F)c1-c1ccc(NCC(C)C)cc1. The van der Waals surface area contributed by atoms with Crippen molar-refractivity contribution in [2.75, 3.05) is 23.7 Å². The average Bonchev–Trinajstić information content (AvgIpc) is 2.77. The fourth-order valence-corrected chi connectivity index (χ4v) is 3.76. The highest BCUT2D eigenvalue weighted by Gasteiger charge is 2.22. The summed E-state index contributed by atoms with van der Waals surface area (Å²) < 4.78 is 31.0. The molecular formula is C28H34F2N2. The zero-order valence-corrected chi connectivity index (χ0v) is 19.9. The predicted molar refractivity (Wildman–Crippen MR) is 133 cm³/mol. The second-order valence-corrected chi connectivity index (χ2v) is 9.33. The standard InChI is InChI=1S/C28H34F2N2/c1-17(2)15-31-23-11-7-21(8-12-23)25-19(5)28(30)26(20(6)27(25)29)22-9-13-24(14-10-22)32-16-18(3)4/h7-14,17-18,31-32H,15-16H2,1-6H3. The molecule has 3 rings (SSSR count). The highest BCUT2D eigenvalue weighted by Crippen LogP contribution is 2.38. The van der Waals surface area contributed by atoms with E-state index in [0.29, 0.717) is 45.2 Å². The van der Waals surface area contributed by atoms with Crippen LogP contribution in [-0.2, 0) is 0 Å². The lowest BCUT2D eigenvalue weighted by Gasteiger charge is -2.18. The largest absolute Gasteiger partial charge is 0.385 e. The van der Waals surface area contributed by atoms with Crippen molar-refractivity contribution in [1.29, 1.82) is 0 Å². The Bertz CT molecular complexity index is 937. The van der Waals surface area contributed by atoms with E-state index in [1.807, 2.05) is 48.5 Å². The molecule has 0 aliphatic carbocycles. The second kappa shape index (κ2) is 10.2. The lowest BCUT2D eigenvalue weighted by molar-refractivity contribution is 0.592. The van der Waals surface area contributed by atoms with Crippen molar-refractivity contribution in [3.63, 3.8) is 0 Å². The first-order valence-corrected chi connectivity index (χ1v) is 11.4. The molecule has 0 fully saturated rings. The van der Waals surface area contributed by atoms with Crippen LogP contribution in [0.4, 0.5) is 20.2 Å². The van der Waals surface area contributed by atoms with Crippen molar-refractivity contribution in [3.05, 3.63) is 71.3 Å².